The van der Waals surface area contributed by atoms with Crippen LogP contribution in [0.5, 0.6) is 5.75 Å². The fraction of sp³-hybridized carbons (Fsp3) is 0.389. The monoisotopic (exact) mass is 419 g/mol. The molecule has 0 aliphatic heterocycles. The normalized spacial score (nSPS) is 14.1. The highest BCUT2D eigenvalue weighted by Crippen LogP contribution is 2.41. The number of aliphatic carboxylic acids is 1. The van der Waals surface area contributed by atoms with Gasteiger partial charge in [0.2, 0.25) is 0 Å². The number of hydrogen-bond acceptors (Lipinski definition) is 6. The Kier molecular flexibility index (Phi) is 5.69. The highest BCUT2D eigenvalue weighted by atomic mass is 32.2. The largest absolute Gasteiger partial charge is 0.547 e. The van der Waals surface area contributed by atoms with Crippen molar-refractivity contribution in [1.82, 2.24) is 0 Å². The van der Waals surface area contributed by atoms with E-state index >= 15 is 0 Å². The number of alkyl halides is 3. The van der Waals surface area contributed by atoms with Crippen molar-refractivity contribution in [2.75, 3.05) is 0 Å². The molecule has 0 amide bonds. The van der Waals surface area contributed by atoms with Crippen LogP contribution in [0.15, 0.2) is 30.3 Å². The van der Waals surface area contributed by atoms with Gasteiger partial charge in [-0.3, -0.25) is 0 Å². The number of carboxylic acids is 1. The first-order valence-corrected chi connectivity index (χ1v) is 9.46. The Labute approximate surface area is 160 Å². The molecular formula is C18H18F3O6S-. The number of benzene rings is 2. The van der Waals surface area contributed by atoms with Gasteiger partial charge in [-0.2, -0.15) is 21.6 Å². The summed E-state index contributed by atoms with van der Waals surface area (Å²) in [5, 5.41) is 12.1. The fourth-order valence-electron chi connectivity index (χ4n) is 2.62. The molecule has 0 heterocycles. The van der Waals surface area contributed by atoms with Gasteiger partial charge in [-0.25, -0.2) is 0 Å². The smallest absolute Gasteiger partial charge is 0.534 e. The minimum atomic E-state index is -6.05. The van der Waals surface area contributed by atoms with Crippen LogP contribution in [0.3, 0.4) is 0 Å². The fourth-order valence-corrected chi connectivity index (χ4v) is 3.11. The predicted molar refractivity (Wildman–Crippen MR) is 92.9 cm³/mol. The second-order valence-electron chi connectivity index (χ2n) is 7.07. The molecule has 0 bridgehead atoms. The Morgan fingerprint density at radius 2 is 1.71 bits per heavy atom. The average molecular weight is 419 g/mol. The van der Waals surface area contributed by atoms with Crippen molar-refractivity contribution < 1.29 is 40.4 Å². The molecule has 1 atom stereocenters. The van der Waals surface area contributed by atoms with Crippen molar-refractivity contribution in [1.29, 1.82) is 0 Å². The van der Waals surface area contributed by atoms with E-state index in [9.17, 15) is 31.5 Å². The van der Waals surface area contributed by atoms with Crippen LogP contribution in [-0.4, -0.2) is 25.5 Å². The third-order valence-corrected chi connectivity index (χ3v) is 4.62. The van der Waals surface area contributed by atoms with Gasteiger partial charge in [-0.15, -0.1) is 0 Å². The molecule has 0 fully saturated rings. The summed E-state index contributed by atoms with van der Waals surface area (Å²) in [5.41, 5.74) is -6.91. The van der Waals surface area contributed by atoms with E-state index in [1.165, 1.54) is 52.0 Å². The summed E-state index contributed by atoms with van der Waals surface area (Å²) in [6.45, 7) is 6.02. The summed E-state index contributed by atoms with van der Waals surface area (Å²) in [6, 6.07) is 7.39. The second-order valence-corrected chi connectivity index (χ2v) is 8.61. The van der Waals surface area contributed by atoms with E-state index in [0.717, 1.165) is 0 Å². The lowest BCUT2D eigenvalue weighted by molar-refractivity contribution is -0.321. The maximum absolute atomic E-state index is 12.9. The Bertz CT molecular complexity index is 1010. The average Bonchev–Trinajstić information content (AvgIpc) is 2.51. The van der Waals surface area contributed by atoms with Crippen molar-refractivity contribution in [3.05, 3.63) is 41.5 Å². The lowest BCUT2D eigenvalue weighted by atomic mass is 9.96. The van der Waals surface area contributed by atoms with Crippen LogP contribution in [0.25, 0.3) is 10.8 Å². The zero-order valence-corrected chi connectivity index (χ0v) is 16.3. The third-order valence-electron chi connectivity index (χ3n) is 3.67. The topological polar surface area (TPSA) is 92.7 Å². The third kappa shape index (κ3) is 4.56. The molecule has 28 heavy (non-hydrogen) atoms. The van der Waals surface area contributed by atoms with Crippen molar-refractivity contribution >= 4 is 26.9 Å². The van der Waals surface area contributed by atoms with Gasteiger partial charge in [0.05, 0.1) is 11.6 Å². The van der Waals surface area contributed by atoms with Gasteiger partial charge in [-0.05, 0) is 38.6 Å². The maximum Gasteiger partial charge on any atom is 0.534 e. The Hall–Kier alpha value is -2.33. The molecule has 0 spiro atoms. The number of halogens is 3. The van der Waals surface area contributed by atoms with Crippen LogP contribution in [0.1, 0.15) is 38.0 Å². The van der Waals surface area contributed by atoms with E-state index in [2.05, 4.69) is 4.18 Å². The molecule has 0 N–H and O–H groups in total. The Morgan fingerprint density at radius 3 is 2.21 bits per heavy atom. The molecule has 2 rings (SSSR count). The van der Waals surface area contributed by atoms with E-state index in [1.54, 1.807) is 6.07 Å². The van der Waals surface area contributed by atoms with Gasteiger partial charge in [0.15, 0.2) is 5.75 Å². The zero-order chi connectivity index (χ0) is 21.5. The Balaban J connectivity index is 2.85. The van der Waals surface area contributed by atoms with Gasteiger partial charge < -0.3 is 18.8 Å². The predicted octanol–water partition coefficient (Wildman–Crippen LogP) is 2.98. The molecule has 0 aromatic heterocycles. The number of ether oxygens (including phenoxy) is 1. The highest BCUT2D eigenvalue weighted by molar-refractivity contribution is 7.88. The summed E-state index contributed by atoms with van der Waals surface area (Å²) in [7, 11) is -6.05. The first-order chi connectivity index (χ1) is 12.6. The number of fused-ring (bicyclic) bond motifs is 1. The summed E-state index contributed by atoms with van der Waals surface area (Å²) < 4.78 is 71.9. The number of carboxylic acid groups (broad SMARTS) is 1. The quantitative estimate of drug-likeness (QED) is 0.547. The zero-order valence-electron chi connectivity index (χ0n) is 15.5. The first-order valence-electron chi connectivity index (χ1n) is 8.06. The van der Waals surface area contributed by atoms with Gasteiger partial charge >= 0.3 is 15.6 Å². The number of aryl methyl sites for hydroxylation is 1. The molecule has 1 unspecified atom stereocenters. The minimum Gasteiger partial charge on any atom is -0.547 e. The molecule has 2 aromatic rings. The minimum absolute atomic E-state index is 0.0142. The molecular weight excluding hydrogens is 401 g/mol. The van der Waals surface area contributed by atoms with Gasteiger partial charge in [0, 0.05) is 10.9 Å². The summed E-state index contributed by atoms with van der Waals surface area (Å²) in [4.78, 5) is 11.7. The van der Waals surface area contributed by atoms with E-state index in [0.29, 0.717) is 5.39 Å². The number of rotatable bonds is 5. The van der Waals surface area contributed by atoms with Crippen molar-refractivity contribution in [2.24, 2.45) is 0 Å². The van der Waals surface area contributed by atoms with Crippen LogP contribution >= 0.6 is 0 Å². The molecule has 0 saturated carbocycles. The van der Waals surface area contributed by atoms with Gasteiger partial charge in [-0.1, -0.05) is 30.3 Å². The lowest BCUT2D eigenvalue weighted by Crippen LogP contribution is -2.37. The van der Waals surface area contributed by atoms with E-state index in [1.807, 2.05) is 0 Å². The summed E-state index contributed by atoms with van der Waals surface area (Å²) in [6.07, 6.45) is -1.86. The standard InChI is InChI=1S/C18H19F3O6S/c1-10-9-11-7-5-6-8-12(11)14(27-28(24,25)18(19,20)21)13(10)15(16(22)23)26-17(2,3)4/h5-9,15H,1-4H3,(H,22,23)/p-1. The molecule has 0 saturated heterocycles. The van der Waals surface area contributed by atoms with Crippen LogP contribution in [-0.2, 0) is 19.6 Å². The summed E-state index contributed by atoms with van der Waals surface area (Å²) in [5.74, 6) is -2.51. The van der Waals surface area contributed by atoms with Crippen molar-refractivity contribution in [3.63, 3.8) is 0 Å². The number of hydrogen-bond donors (Lipinski definition) is 0. The van der Waals surface area contributed by atoms with Crippen LogP contribution in [0.4, 0.5) is 13.2 Å². The number of carbonyl (C=O) groups excluding carboxylic acids is 1. The molecule has 0 radical (unpaired) electrons. The summed E-state index contributed by atoms with van der Waals surface area (Å²) >= 11 is 0. The lowest BCUT2D eigenvalue weighted by Gasteiger charge is -2.31. The second kappa shape index (κ2) is 7.25. The van der Waals surface area contributed by atoms with E-state index in [-0.39, 0.29) is 16.5 Å². The highest BCUT2D eigenvalue weighted by Gasteiger charge is 2.49. The van der Waals surface area contributed by atoms with Gasteiger partial charge in [0.25, 0.3) is 0 Å². The van der Waals surface area contributed by atoms with E-state index in [4.69, 9.17) is 4.74 Å². The molecule has 10 heteroatoms. The molecule has 0 aliphatic rings. The Morgan fingerprint density at radius 1 is 1.14 bits per heavy atom. The van der Waals surface area contributed by atoms with Gasteiger partial charge in [0.1, 0.15) is 6.10 Å². The molecule has 154 valence electrons. The van der Waals surface area contributed by atoms with Crippen LogP contribution in [0.2, 0.25) is 0 Å². The SMILES string of the molecule is Cc1cc2ccccc2c(OS(=O)(=O)C(F)(F)F)c1C(OC(C)(C)C)C(=O)[O-]. The first kappa shape index (κ1) is 22.0. The molecule has 2 aromatic carbocycles. The molecule has 6 nitrogen and oxygen atoms in total. The maximum atomic E-state index is 12.9. The molecule has 0 aliphatic carbocycles. The van der Waals surface area contributed by atoms with Crippen molar-refractivity contribution in [2.45, 2.75) is 44.9 Å². The number of carbonyl (C=O) groups is 1. The van der Waals surface area contributed by atoms with Crippen molar-refractivity contribution in [3.8, 4) is 5.75 Å². The van der Waals surface area contributed by atoms with Crippen LogP contribution < -0.4 is 9.29 Å². The van der Waals surface area contributed by atoms with E-state index < -0.39 is 39.1 Å². The van der Waals surface area contributed by atoms with Crippen LogP contribution in [0, 0.1) is 6.92 Å².